The van der Waals surface area contributed by atoms with Crippen LogP contribution in [0.15, 0.2) is 49.1 Å². The fourth-order valence-corrected chi connectivity index (χ4v) is 3.84. The summed E-state index contributed by atoms with van der Waals surface area (Å²) in [5, 5.41) is 0. The van der Waals surface area contributed by atoms with E-state index in [9.17, 15) is 4.79 Å². The van der Waals surface area contributed by atoms with Gasteiger partial charge in [0.2, 0.25) is 0 Å². The highest BCUT2D eigenvalue weighted by Crippen LogP contribution is 2.36. The molecule has 26 heavy (non-hydrogen) atoms. The maximum Gasteiger partial charge on any atom is 0.255 e. The number of likely N-dealkylation sites (tertiary alicyclic amines) is 1. The van der Waals surface area contributed by atoms with Crippen LogP contribution in [0, 0.1) is 11.8 Å². The predicted octanol–water partition coefficient (Wildman–Crippen LogP) is 2.17. The number of aromatic nitrogens is 2. The van der Waals surface area contributed by atoms with E-state index in [1.54, 1.807) is 30.9 Å². The molecule has 0 saturated carbocycles. The van der Waals surface area contributed by atoms with Gasteiger partial charge in [0.25, 0.3) is 5.91 Å². The number of hydrogen-bond donors (Lipinski definition) is 0. The van der Waals surface area contributed by atoms with Crippen molar-refractivity contribution < 1.29 is 14.3 Å². The second-order valence-corrected chi connectivity index (χ2v) is 6.94. The van der Waals surface area contributed by atoms with Gasteiger partial charge in [-0.25, -0.2) is 0 Å². The predicted molar refractivity (Wildman–Crippen MR) is 95.4 cm³/mol. The number of carbonyl (C=O) groups excluding carboxylic acids is 1. The molecule has 2 aromatic rings. The second-order valence-electron chi connectivity index (χ2n) is 6.94. The molecule has 2 aliphatic heterocycles. The van der Waals surface area contributed by atoms with Crippen molar-refractivity contribution >= 4 is 5.91 Å². The number of fused-ring (bicyclic) bond motifs is 1. The van der Waals surface area contributed by atoms with Crippen LogP contribution in [0.1, 0.15) is 22.3 Å². The number of amides is 1. The molecule has 136 valence electrons. The van der Waals surface area contributed by atoms with Gasteiger partial charge in [0.15, 0.2) is 0 Å². The lowest BCUT2D eigenvalue weighted by molar-refractivity contribution is 0.0648. The lowest BCUT2D eigenvalue weighted by atomic mass is 9.91. The Bertz CT molecular complexity index is 726. The van der Waals surface area contributed by atoms with Crippen LogP contribution in [0.25, 0.3) is 0 Å². The molecular weight excluding hydrogens is 330 g/mol. The van der Waals surface area contributed by atoms with Gasteiger partial charge in [0.1, 0.15) is 0 Å². The Morgan fingerprint density at radius 3 is 2.88 bits per heavy atom. The van der Waals surface area contributed by atoms with Crippen molar-refractivity contribution in [2.75, 3.05) is 26.3 Å². The minimum absolute atomic E-state index is 0.0452. The first kappa shape index (κ1) is 17.1. The number of pyridine rings is 2. The quantitative estimate of drug-likeness (QED) is 0.745. The van der Waals surface area contributed by atoms with Crippen LogP contribution in [0.4, 0.5) is 0 Å². The van der Waals surface area contributed by atoms with Crippen LogP contribution < -0.4 is 0 Å². The maximum absolute atomic E-state index is 12.6. The Labute approximate surface area is 153 Å². The van der Waals surface area contributed by atoms with Crippen LogP contribution in [-0.2, 0) is 16.1 Å². The molecule has 2 fully saturated rings. The zero-order valence-electron chi connectivity index (χ0n) is 14.7. The van der Waals surface area contributed by atoms with Crippen LogP contribution in [-0.4, -0.2) is 53.2 Å². The number of carbonyl (C=O) groups is 1. The molecule has 0 unspecified atom stereocenters. The summed E-state index contributed by atoms with van der Waals surface area (Å²) >= 11 is 0. The largest absolute Gasteiger partial charge is 0.377 e. The molecule has 0 spiro atoms. The third-order valence-corrected chi connectivity index (χ3v) is 5.29. The molecule has 2 aromatic heterocycles. The van der Waals surface area contributed by atoms with E-state index >= 15 is 0 Å². The fourth-order valence-electron chi connectivity index (χ4n) is 3.84. The molecular formula is C20H23N3O3. The Morgan fingerprint density at radius 1 is 1.19 bits per heavy atom. The molecule has 0 radical (unpaired) electrons. The summed E-state index contributed by atoms with van der Waals surface area (Å²) in [4.78, 5) is 22.5. The van der Waals surface area contributed by atoms with Gasteiger partial charge in [-0.1, -0.05) is 0 Å². The molecule has 0 bridgehead atoms. The standard InChI is InChI=1S/C20H23N3O3/c24-20(16-2-1-6-22-10-16)23-11-18-17(14-26-19(18)12-23)5-9-25-13-15-3-7-21-8-4-15/h1-4,6-8,10,17-19H,5,9,11-14H2/t17-,18-,19-/m0/s1. The monoisotopic (exact) mass is 353 g/mol. The second kappa shape index (κ2) is 7.93. The molecule has 2 aliphatic rings. The molecule has 0 aliphatic carbocycles. The fraction of sp³-hybridized carbons (Fsp3) is 0.450. The van der Waals surface area contributed by atoms with Gasteiger partial charge >= 0.3 is 0 Å². The van der Waals surface area contributed by atoms with Gasteiger partial charge in [-0.3, -0.25) is 14.8 Å². The summed E-state index contributed by atoms with van der Waals surface area (Å²) in [6, 6.07) is 7.54. The van der Waals surface area contributed by atoms with Gasteiger partial charge < -0.3 is 14.4 Å². The van der Waals surface area contributed by atoms with E-state index < -0.39 is 0 Å². The Hall–Kier alpha value is -2.31. The first-order valence-corrected chi connectivity index (χ1v) is 9.09. The maximum atomic E-state index is 12.6. The molecule has 0 aromatic carbocycles. The lowest BCUT2D eigenvalue weighted by Gasteiger charge is -2.20. The summed E-state index contributed by atoms with van der Waals surface area (Å²) in [6.45, 7) is 3.51. The summed E-state index contributed by atoms with van der Waals surface area (Å²) in [5.41, 5.74) is 1.78. The SMILES string of the molecule is O=C(c1cccnc1)N1C[C@H]2[C@@H](CCOCc3ccncc3)CO[C@H]2C1. The van der Waals surface area contributed by atoms with Gasteiger partial charge in [-0.15, -0.1) is 0 Å². The van der Waals surface area contributed by atoms with Crippen LogP contribution >= 0.6 is 0 Å². The normalized spacial score (nSPS) is 24.6. The Balaban J connectivity index is 1.26. The highest BCUT2D eigenvalue weighted by molar-refractivity contribution is 5.94. The van der Waals surface area contributed by atoms with Gasteiger partial charge in [-0.2, -0.15) is 0 Å². The average Bonchev–Trinajstić information content (AvgIpc) is 3.27. The van der Waals surface area contributed by atoms with E-state index in [2.05, 4.69) is 9.97 Å². The van der Waals surface area contributed by atoms with Crippen molar-refractivity contribution in [3.63, 3.8) is 0 Å². The third kappa shape index (κ3) is 3.76. The lowest BCUT2D eigenvalue weighted by Crippen LogP contribution is -2.31. The van der Waals surface area contributed by atoms with Crippen molar-refractivity contribution in [3.8, 4) is 0 Å². The molecule has 0 N–H and O–H groups in total. The highest BCUT2D eigenvalue weighted by atomic mass is 16.5. The first-order chi connectivity index (χ1) is 12.8. The van der Waals surface area contributed by atoms with E-state index in [4.69, 9.17) is 9.47 Å². The zero-order chi connectivity index (χ0) is 17.8. The molecule has 1 amide bonds. The smallest absolute Gasteiger partial charge is 0.255 e. The zero-order valence-corrected chi connectivity index (χ0v) is 14.7. The number of hydrogen-bond acceptors (Lipinski definition) is 5. The van der Waals surface area contributed by atoms with E-state index in [0.717, 1.165) is 25.1 Å². The summed E-state index contributed by atoms with van der Waals surface area (Å²) < 4.78 is 11.7. The van der Waals surface area contributed by atoms with E-state index in [0.29, 0.717) is 37.2 Å². The van der Waals surface area contributed by atoms with Gasteiger partial charge in [0.05, 0.1) is 24.9 Å². The van der Waals surface area contributed by atoms with Gasteiger partial charge in [-0.05, 0) is 42.2 Å². The van der Waals surface area contributed by atoms with Crippen LogP contribution in [0.2, 0.25) is 0 Å². The van der Waals surface area contributed by atoms with Crippen molar-refractivity contribution in [1.29, 1.82) is 0 Å². The van der Waals surface area contributed by atoms with E-state index in [-0.39, 0.29) is 12.0 Å². The average molecular weight is 353 g/mol. The molecule has 2 saturated heterocycles. The minimum atomic E-state index is 0.0452. The molecule has 4 rings (SSSR count). The molecule has 3 atom stereocenters. The molecule has 6 heteroatoms. The van der Waals surface area contributed by atoms with Crippen LogP contribution in [0.3, 0.4) is 0 Å². The Morgan fingerprint density at radius 2 is 2.08 bits per heavy atom. The summed E-state index contributed by atoms with van der Waals surface area (Å²) in [6.07, 6.45) is 7.98. The van der Waals surface area contributed by atoms with Crippen LogP contribution in [0.5, 0.6) is 0 Å². The highest BCUT2D eigenvalue weighted by Gasteiger charge is 2.44. The van der Waals surface area contributed by atoms with Gasteiger partial charge in [0, 0.05) is 50.4 Å². The Kier molecular flexibility index (Phi) is 5.22. The first-order valence-electron chi connectivity index (χ1n) is 9.09. The van der Waals surface area contributed by atoms with Crippen molar-refractivity contribution in [1.82, 2.24) is 14.9 Å². The van der Waals surface area contributed by atoms with Crippen molar-refractivity contribution in [2.24, 2.45) is 11.8 Å². The van der Waals surface area contributed by atoms with E-state index in [1.807, 2.05) is 23.1 Å². The molecule has 6 nitrogen and oxygen atoms in total. The van der Waals surface area contributed by atoms with E-state index in [1.165, 1.54) is 0 Å². The number of ether oxygens (including phenoxy) is 2. The van der Waals surface area contributed by atoms with Crippen molar-refractivity contribution in [2.45, 2.75) is 19.1 Å². The summed E-state index contributed by atoms with van der Waals surface area (Å²) in [5.74, 6) is 0.896. The topological polar surface area (TPSA) is 64.6 Å². The third-order valence-electron chi connectivity index (χ3n) is 5.29. The summed E-state index contributed by atoms with van der Waals surface area (Å²) in [7, 11) is 0. The van der Waals surface area contributed by atoms with Crippen molar-refractivity contribution in [3.05, 3.63) is 60.2 Å². The number of nitrogens with zero attached hydrogens (tertiary/aromatic N) is 3. The minimum Gasteiger partial charge on any atom is -0.377 e. The number of rotatable bonds is 6. The molecule has 4 heterocycles.